The molecule has 0 radical (unpaired) electrons. The average molecular weight is 325 g/mol. The van der Waals surface area contributed by atoms with Gasteiger partial charge >= 0.3 is 0 Å². The first kappa shape index (κ1) is 17.2. The number of hydrogen-bond donors (Lipinski definition) is 2. The van der Waals surface area contributed by atoms with E-state index >= 15 is 0 Å². The molecule has 0 aromatic heterocycles. The number of hydrogen-bond acceptors (Lipinski definition) is 3. The van der Waals surface area contributed by atoms with E-state index in [1.807, 2.05) is 18.2 Å². The minimum Gasteiger partial charge on any atom is -0.391 e. The zero-order chi connectivity index (χ0) is 16.8. The second kappa shape index (κ2) is 8.43. The molecule has 3 atom stereocenters. The van der Waals surface area contributed by atoms with Gasteiger partial charge in [-0.2, -0.15) is 0 Å². The van der Waals surface area contributed by atoms with Crippen molar-refractivity contribution in [1.29, 1.82) is 0 Å². The topological polar surface area (TPSA) is 41.5 Å². The molecular formula is C21H27NO2. The van der Waals surface area contributed by atoms with Crippen LogP contribution >= 0.6 is 0 Å². The lowest BCUT2D eigenvalue weighted by molar-refractivity contribution is 0.0297. The van der Waals surface area contributed by atoms with Crippen LogP contribution in [0.3, 0.4) is 0 Å². The monoisotopic (exact) mass is 325 g/mol. The van der Waals surface area contributed by atoms with Crippen LogP contribution in [0.25, 0.3) is 0 Å². The third-order valence-corrected chi connectivity index (χ3v) is 4.68. The van der Waals surface area contributed by atoms with Crippen LogP contribution < -0.4 is 5.32 Å². The molecule has 2 aromatic carbocycles. The molecule has 1 heterocycles. The minimum atomic E-state index is -0.366. The summed E-state index contributed by atoms with van der Waals surface area (Å²) >= 11 is 0. The summed E-state index contributed by atoms with van der Waals surface area (Å²) in [6.45, 7) is 3.56. The van der Waals surface area contributed by atoms with Gasteiger partial charge in [-0.25, -0.2) is 0 Å². The molecule has 2 aromatic rings. The van der Waals surface area contributed by atoms with Crippen molar-refractivity contribution >= 4 is 0 Å². The molecule has 3 nitrogen and oxygen atoms in total. The van der Waals surface area contributed by atoms with Gasteiger partial charge in [0.15, 0.2) is 0 Å². The number of nitrogens with one attached hydrogen (secondary N) is 1. The van der Waals surface area contributed by atoms with Gasteiger partial charge in [-0.15, -0.1) is 0 Å². The quantitative estimate of drug-likeness (QED) is 0.821. The van der Waals surface area contributed by atoms with E-state index in [9.17, 15) is 5.11 Å². The molecule has 1 aliphatic rings. The Kier molecular flexibility index (Phi) is 6.02. The molecule has 0 saturated heterocycles. The number of benzene rings is 2. The molecule has 2 N–H and O–H groups in total. The fourth-order valence-corrected chi connectivity index (χ4v) is 3.37. The highest BCUT2D eigenvalue weighted by Crippen LogP contribution is 2.30. The maximum Gasteiger partial charge on any atom is 0.0842 e. The summed E-state index contributed by atoms with van der Waals surface area (Å²) in [5.41, 5.74) is 3.90. The van der Waals surface area contributed by atoms with Gasteiger partial charge in [0.25, 0.3) is 0 Å². The zero-order valence-corrected chi connectivity index (χ0v) is 14.3. The Bertz CT molecular complexity index is 629. The Morgan fingerprint density at radius 2 is 1.88 bits per heavy atom. The molecule has 0 spiro atoms. The minimum absolute atomic E-state index is 0.156. The average Bonchev–Trinajstić information content (AvgIpc) is 2.61. The fourth-order valence-electron chi connectivity index (χ4n) is 3.37. The first-order valence-corrected chi connectivity index (χ1v) is 8.87. The number of fused-ring (bicyclic) bond motifs is 1. The Hall–Kier alpha value is -1.68. The molecule has 0 bridgehead atoms. The number of ether oxygens (including phenoxy) is 1. The van der Waals surface area contributed by atoms with E-state index in [4.69, 9.17) is 4.74 Å². The highest BCUT2D eigenvalue weighted by atomic mass is 16.5. The van der Waals surface area contributed by atoms with Crippen molar-refractivity contribution in [3.8, 4) is 0 Å². The van der Waals surface area contributed by atoms with E-state index in [2.05, 4.69) is 48.6 Å². The fraction of sp³-hybridized carbons (Fsp3) is 0.429. The smallest absolute Gasteiger partial charge is 0.0842 e. The van der Waals surface area contributed by atoms with Crippen molar-refractivity contribution in [2.24, 2.45) is 0 Å². The van der Waals surface area contributed by atoms with Crippen LogP contribution in [-0.4, -0.2) is 30.4 Å². The Morgan fingerprint density at radius 1 is 1.12 bits per heavy atom. The lowest BCUT2D eigenvalue weighted by atomic mass is 9.94. The highest BCUT2D eigenvalue weighted by molar-refractivity contribution is 5.31. The highest BCUT2D eigenvalue weighted by Gasteiger charge is 2.22. The van der Waals surface area contributed by atoms with E-state index in [0.717, 1.165) is 19.4 Å². The SMILES string of the molecule is CC(CC1OCCc2ccccc21)NCC(O)Cc1ccccc1. The third kappa shape index (κ3) is 4.67. The van der Waals surface area contributed by atoms with E-state index in [0.29, 0.717) is 19.0 Å². The van der Waals surface area contributed by atoms with Gasteiger partial charge in [0.05, 0.1) is 18.8 Å². The normalized spacial score (nSPS) is 19.5. The Labute approximate surface area is 144 Å². The van der Waals surface area contributed by atoms with Gasteiger partial charge < -0.3 is 15.2 Å². The predicted octanol–water partition coefficient (Wildman–Crippen LogP) is 3.27. The molecule has 3 unspecified atom stereocenters. The van der Waals surface area contributed by atoms with E-state index in [1.54, 1.807) is 0 Å². The summed E-state index contributed by atoms with van der Waals surface area (Å²) in [6, 6.07) is 19.0. The second-order valence-corrected chi connectivity index (χ2v) is 6.70. The van der Waals surface area contributed by atoms with E-state index < -0.39 is 0 Å². The summed E-state index contributed by atoms with van der Waals surface area (Å²) in [5, 5.41) is 13.7. The van der Waals surface area contributed by atoms with Crippen molar-refractivity contribution in [3.63, 3.8) is 0 Å². The standard InChI is InChI=1S/C21H27NO2/c1-16(22-15-19(23)14-17-7-3-2-4-8-17)13-21-20-10-6-5-9-18(20)11-12-24-21/h2-10,16,19,21-23H,11-15H2,1H3. The molecule has 3 heteroatoms. The molecular weight excluding hydrogens is 298 g/mol. The molecule has 0 amide bonds. The summed E-state index contributed by atoms with van der Waals surface area (Å²) in [7, 11) is 0. The van der Waals surface area contributed by atoms with Gasteiger partial charge in [-0.3, -0.25) is 0 Å². The molecule has 24 heavy (non-hydrogen) atoms. The second-order valence-electron chi connectivity index (χ2n) is 6.70. The zero-order valence-electron chi connectivity index (χ0n) is 14.3. The molecule has 1 aliphatic heterocycles. The molecule has 3 rings (SSSR count). The molecule has 128 valence electrons. The van der Waals surface area contributed by atoms with Crippen LogP contribution in [-0.2, 0) is 17.6 Å². The van der Waals surface area contributed by atoms with E-state index in [1.165, 1.54) is 16.7 Å². The first-order chi connectivity index (χ1) is 11.7. The van der Waals surface area contributed by atoms with Crippen LogP contribution in [0.4, 0.5) is 0 Å². The van der Waals surface area contributed by atoms with Crippen molar-refractivity contribution in [3.05, 3.63) is 71.3 Å². The largest absolute Gasteiger partial charge is 0.391 e. The predicted molar refractivity (Wildman–Crippen MR) is 97.1 cm³/mol. The lowest BCUT2D eigenvalue weighted by Crippen LogP contribution is -2.36. The van der Waals surface area contributed by atoms with Gasteiger partial charge in [0, 0.05) is 12.6 Å². The van der Waals surface area contributed by atoms with Crippen LogP contribution in [0, 0.1) is 0 Å². The van der Waals surface area contributed by atoms with Crippen molar-refractivity contribution in [1.82, 2.24) is 5.32 Å². The summed E-state index contributed by atoms with van der Waals surface area (Å²) in [5.74, 6) is 0. The van der Waals surface area contributed by atoms with Crippen molar-refractivity contribution in [2.45, 2.75) is 44.4 Å². The van der Waals surface area contributed by atoms with Gasteiger partial charge in [0.2, 0.25) is 0 Å². The maximum absolute atomic E-state index is 10.2. The molecule has 0 aliphatic carbocycles. The van der Waals surface area contributed by atoms with E-state index in [-0.39, 0.29) is 12.2 Å². The summed E-state index contributed by atoms with van der Waals surface area (Å²) in [6.07, 6.45) is 2.40. The van der Waals surface area contributed by atoms with Crippen LogP contribution in [0.5, 0.6) is 0 Å². The van der Waals surface area contributed by atoms with Gasteiger partial charge in [-0.05, 0) is 42.9 Å². The van der Waals surface area contributed by atoms with Crippen LogP contribution in [0.1, 0.15) is 36.1 Å². The summed E-state index contributed by atoms with van der Waals surface area (Å²) < 4.78 is 5.98. The van der Waals surface area contributed by atoms with Crippen molar-refractivity contribution < 1.29 is 9.84 Å². The number of aliphatic hydroxyl groups excluding tert-OH is 1. The van der Waals surface area contributed by atoms with Gasteiger partial charge in [-0.1, -0.05) is 54.6 Å². The Balaban J connectivity index is 1.47. The summed E-state index contributed by atoms with van der Waals surface area (Å²) in [4.78, 5) is 0. The maximum atomic E-state index is 10.2. The Morgan fingerprint density at radius 3 is 2.71 bits per heavy atom. The van der Waals surface area contributed by atoms with Crippen LogP contribution in [0.15, 0.2) is 54.6 Å². The van der Waals surface area contributed by atoms with Crippen molar-refractivity contribution in [2.75, 3.05) is 13.2 Å². The lowest BCUT2D eigenvalue weighted by Gasteiger charge is -2.29. The molecule has 0 saturated carbocycles. The number of aliphatic hydroxyl groups is 1. The number of rotatable bonds is 7. The third-order valence-electron chi connectivity index (χ3n) is 4.68. The van der Waals surface area contributed by atoms with Crippen LogP contribution in [0.2, 0.25) is 0 Å². The van der Waals surface area contributed by atoms with Gasteiger partial charge in [0.1, 0.15) is 0 Å². The molecule has 0 fully saturated rings. The first-order valence-electron chi connectivity index (χ1n) is 8.87.